The van der Waals surface area contributed by atoms with Crippen LogP contribution in [0.5, 0.6) is 5.88 Å². The van der Waals surface area contributed by atoms with Gasteiger partial charge in [0.05, 0.1) is 19.0 Å². The normalized spacial score (nSPS) is 13.8. The first kappa shape index (κ1) is 13.5. The second kappa shape index (κ2) is 5.47. The van der Waals surface area contributed by atoms with E-state index in [1.54, 1.807) is 31.5 Å². The van der Waals surface area contributed by atoms with E-state index in [1.807, 2.05) is 6.92 Å². The summed E-state index contributed by atoms with van der Waals surface area (Å²) < 4.78 is 4.98. The van der Waals surface area contributed by atoms with Crippen LogP contribution in [0.15, 0.2) is 24.4 Å². The molecule has 21 heavy (non-hydrogen) atoms. The van der Waals surface area contributed by atoms with Crippen LogP contribution in [0.2, 0.25) is 0 Å². The average molecular weight is 284 g/mol. The highest BCUT2D eigenvalue weighted by Gasteiger charge is 2.27. The lowest BCUT2D eigenvalue weighted by Gasteiger charge is -2.07. The molecule has 0 aromatic carbocycles. The van der Waals surface area contributed by atoms with Crippen LogP contribution in [-0.2, 0) is 0 Å². The summed E-state index contributed by atoms with van der Waals surface area (Å²) in [4.78, 5) is 25.0. The van der Waals surface area contributed by atoms with Gasteiger partial charge in [-0.15, -0.1) is 0 Å². The summed E-state index contributed by atoms with van der Waals surface area (Å²) in [5.74, 6) is 1.43. The second-order valence-corrected chi connectivity index (χ2v) is 5.07. The fraction of sp³-hybridized carbons (Fsp3) is 0.333. The van der Waals surface area contributed by atoms with Gasteiger partial charge in [0.15, 0.2) is 0 Å². The third kappa shape index (κ3) is 3.16. The third-order valence-electron chi connectivity index (χ3n) is 3.25. The maximum absolute atomic E-state index is 12.3. The van der Waals surface area contributed by atoms with E-state index in [4.69, 9.17) is 4.74 Å². The lowest BCUT2D eigenvalue weighted by Crippen LogP contribution is -2.15. The van der Waals surface area contributed by atoms with E-state index in [0.717, 1.165) is 24.4 Å². The molecule has 0 bridgehead atoms. The number of nitrogens with zero attached hydrogens (tertiary/aromatic N) is 3. The number of aryl methyl sites for hydroxylation is 1. The first-order valence-electron chi connectivity index (χ1n) is 6.82. The Balaban J connectivity index is 1.77. The van der Waals surface area contributed by atoms with Crippen LogP contribution in [0.25, 0.3) is 0 Å². The molecule has 108 valence electrons. The number of carbonyl (C=O) groups excluding carboxylic acids is 1. The van der Waals surface area contributed by atoms with Gasteiger partial charge in [0.2, 0.25) is 5.88 Å². The molecule has 0 spiro atoms. The van der Waals surface area contributed by atoms with Gasteiger partial charge in [0, 0.05) is 17.7 Å². The lowest BCUT2D eigenvalue weighted by molar-refractivity contribution is 0.102. The Morgan fingerprint density at radius 3 is 2.76 bits per heavy atom. The quantitative estimate of drug-likeness (QED) is 0.932. The number of rotatable bonds is 4. The fourth-order valence-electron chi connectivity index (χ4n) is 2.00. The molecule has 0 aliphatic heterocycles. The van der Waals surface area contributed by atoms with Crippen LogP contribution in [0.3, 0.4) is 0 Å². The molecule has 1 fully saturated rings. The SMILES string of the molecule is COc1ccc(NC(=O)c2cc(C)nc(C3CC3)n2)cn1. The minimum Gasteiger partial charge on any atom is -0.481 e. The lowest BCUT2D eigenvalue weighted by atomic mass is 10.2. The molecule has 1 N–H and O–H groups in total. The van der Waals surface area contributed by atoms with Crippen LogP contribution < -0.4 is 10.1 Å². The summed E-state index contributed by atoms with van der Waals surface area (Å²) >= 11 is 0. The predicted octanol–water partition coefficient (Wildman–Crippen LogP) is 2.32. The van der Waals surface area contributed by atoms with Gasteiger partial charge in [-0.25, -0.2) is 15.0 Å². The van der Waals surface area contributed by atoms with Crippen molar-refractivity contribution in [1.82, 2.24) is 15.0 Å². The van der Waals surface area contributed by atoms with Crippen molar-refractivity contribution < 1.29 is 9.53 Å². The van der Waals surface area contributed by atoms with Crippen molar-refractivity contribution in [1.29, 1.82) is 0 Å². The summed E-state index contributed by atoms with van der Waals surface area (Å²) in [6.07, 6.45) is 3.76. The van der Waals surface area contributed by atoms with Crippen molar-refractivity contribution in [2.24, 2.45) is 0 Å². The van der Waals surface area contributed by atoms with Crippen molar-refractivity contribution in [2.45, 2.75) is 25.7 Å². The molecule has 1 saturated carbocycles. The molecule has 1 amide bonds. The summed E-state index contributed by atoms with van der Waals surface area (Å²) in [5.41, 5.74) is 1.80. The van der Waals surface area contributed by atoms with Gasteiger partial charge in [-0.2, -0.15) is 0 Å². The van der Waals surface area contributed by atoms with E-state index in [2.05, 4.69) is 20.3 Å². The molecule has 1 aliphatic carbocycles. The van der Waals surface area contributed by atoms with Crippen LogP contribution in [0, 0.1) is 6.92 Å². The molecular weight excluding hydrogens is 268 g/mol. The summed E-state index contributed by atoms with van der Waals surface area (Å²) in [5, 5.41) is 2.78. The minimum atomic E-state index is -0.255. The van der Waals surface area contributed by atoms with Gasteiger partial charge in [-0.3, -0.25) is 4.79 Å². The number of nitrogens with one attached hydrogen (secondary N) is 1. The van der Waals surface area contributed by atoms with E-state index in [0.29, 0.717) is 23.2 Å². The minimum absolute atomic E-state index is 0.255. The van der Waals surface area contributed by atoms with Gasteiger partial charge in [-0.1, -0.05) is 0 Å². The average Bonchev–Trinajstić information content (AvgIpc) is 3.32. The van der Waals surface area contributed by atoms with Gasteiger partial charge in [0.25, 0.3) is 5.91 Å². The topological polar surface area (TPSA) is 77.0 Å². The Hall–Kier alpha value is -2.50. The van der Waals surface area contributed by atoms with Gasteiger partial charge in [0.1, 0.15) is 11.5 Å². The smallest absolute Gasteiger partial charge is 0.274 e. The number of amides is 1. The number of ether oxygens (including phenoxy) is 1. The molecule has 0 saturated heterocycles. The maximum atomic E-state index is 12.3. The Morgan fingerprint density at radius 1 is 1.33 bits per heavy atom. The van der Waals surface area contributed by atoms with Crippen LogP contribution in [-0.4, -0.2) is 28.0 Å². The van der Waals surface area contributed by atoms with Crippen molar-refractivity contribution in [2.75, 3.05) is 12.4 Å². The van der Waals surface area contributed by atoms with Crippen LogP contribution in [0.4, 0.5) is 5.69 Å². The molecule has 6 heteroatoms. The van der Waals surface area contributed by atoms with E-state index < -0.39 is 0 Å². The summed E-state index contributed by atoms with van der Waals surface area (Å²) in [6, 6.07) is 5.12. The zero-order valence-electron chi connectivity index (χ0n) is 12.0. The Morgan fingerprint density at radius 2 is 2.14 bits per heavy atom. The van der Waals surface area contributed by atoms with Crippen molar-refractivity contribution in [3.8, 4) is 5.88 Å². The fourth-order valence-corrected chi connectivity index (χ4v) is 2.00. The van der Waals surface area contributed by atoms with Crippen LogP contribution >= 0.6 is 0 Å². The van der Waals surface area contributed by atoms with E-state index >= 15 is 0 Å². The van der Waals surface area contributed by atoms with E-state index in [-0.39, 0.29) is 5.91 Å². The standard InChI is InChI=1S/C15H16N4O2/c1-9-7-12(19-14(17-9)10-3-4-10)15(20)18-11-5-6-13(21-2)16-8-11/h5-8,10H,3-4H2,1-2H3,(H,18,20). The molecule has 3 rings (SSSR count). The number of hydrogen-bond donors (Lipinski definition) is 1. The predicted molar refractivity (Wildman–Crippen MR) is 77.5 cm³/mol. The second-order valence-electron chi connectivity index (χ2n) is 5.07. The zero-order valence-corrected chi connectivity index (χ0v) is 12.0. The number of aromatic nitrogens is 3. The molecule has 6 nitrogen and oxygen atoms in total. The number of anilines is 1. The zero-order chi connectivity index (χ0) is 14.8. The highest BCUT2D eigenvalue weighted by atomic mass is 16.5. The van der Waals surface area contributed by atoms with Gasteiger partial charge >= 0.3 is 0 Å². The monoisotopic (exact) mass is 284 g/mol. The third-order valence-corrected chi connectivity index (χ3v) is 3.25. The molecule has 2 aromatic rings. The van der Waals surface area contributed by atoms with Crippen molar-refractivity contribution >= 4 is 11.6 Å². The van der Waals surface area contributed by atoms with Crippen molar-refractivity contribution in [3.63, 3.8) is 0 Å². The largest absolute Gasteiger partial charge is 0.481 e. The molecule has 0 atom stereocenters. The molecular formula is C15H16N4O2. The molecule has 2 heterocycles. The Kier molecular flexibility index (Phi) is 3.51. The summed E-state index contributed by atoms with van der Waals surface area (Å²) in [7, 11) is 1.55. The first-order valence-corrected chi connectivity index (χ1v) is 6.82. The number of hydrogen-bond acceptors (Lipinski definition) is 5. The maximum Gasteiger partial charge on any atom is 0.274 e. The number of carbonyl (C=O) groups is 1. The van der Waals surface area contributed by atoms with Gasteiger partial charge < -0.3 is 10.1 Å². The highest BCUT2D eigenvalue weighted by Crippen LogP contribution is 2.38. The molecule has 0 unspecified atom stereocenters. The van der Waals surface area contributed by atoms with E-state index in [1.165, 1.54) is 0 Å². The van der Waals surface area contributed by atoms with Crippen molar-refractivity contribution in [3.05, 3.63) is 41.6 Å². The summed E-state index contributed by atoms with van der Waals surface area (Å²) in [6.45, 7) is 1.87. The Labute approximate surface area is 122 Å². The molecule has 0 radical (unpaired) electrons. The van der Waals surface area contributed by atoms with E-state index in [9.17, 15) is 4.79 Å². The number of pyridine rings is 1. The number of methoxy groups -OCH3 is 1. The van der Waals surface area contributed by atoms with Gasteiger partial charge in [-0.05, 0) is 31.9 Å². The molecule has 2 aromatic heterocycles. The first-order chi connectivity index (χ1) is 10.2. The highest BCUT2D eigenvalue weighted by molar-refractivity contribution is 6.02. The Bertz CT molecular complexity index is 666. The van der Waals surface area contributed by atoms with Crippen LogP contribution in [0.1, 0.15) is 40.8 Å². The molecule has 1 aliphatic rings.